The lowest BCUT2D eigenvalue weighted by Gasteiger charge is -2.26. The maximum atomic E-state index is 13.5. The van der Waals surface area contributed by atoms with Crippen molar-refractivity contribution in [2.24, 2.45) is 0 Å². The zero-order valence-corrected chi connectivity index (χ0v) is 19.7. The molecule has 0 saturated carbocycles. The molecule has 32 heavy (non-hydrogen) atoms. The van der Waals surface area contributed by atoms with Crippen molar-refractivity contribution in [2.75, 3.05) is 22.8 Å². The van der Waals surface area contributed by atoms with Crippen LogP contribution in [-0.2, 0) is 14.8 Å². The van der Waals surface area contributed by atoms with Crippen LogP contribution in [0.4, 0.5) is 11.4 Å². The molecule has 0 aliphatic heterocycles. The Hall–Kier alpha value is -3.03. The molecule has 0 radical (unpaired) electrons. The van der Waals surface area contributed by atoms with Crippen LogP contribution < -0.4 is 14.4 Å². The molecule has 0 unspecified atom stereocenters. The van der Waals surface area contributed by atoms with E-state index in [1.807, 2.05) is 13.8 Å². The Morgan fingerprint density at radius 2 is 1.72 bits per heavy atom. The number of halogens is 1. The summed E-state index contributed by atoms with van der Waals surface area (Å²) in [4.78, 5) is 13.0. The minimum Gasteiger partial charge on any atom is -0.494 e. The van der Waals surface area contributed by atoms with Crippen LogP contribution in [-0.4, -0.2) is 27.5 Å². The zero-order valence-electron chi connectivity index (χ0n) is 18.1. The van der Waals surface area contributed by atoms with Crippen molar-refractivity contribution in [3.63, 3.8) is 0 Å². The second-order valence-corrected chi connectivity index (χ2v) is 9.49. The molecule has 8 heteroatoms. The molecule has 1 amide bonds. The first-order chi connectivity index (χ1) is 15.2. The summed E-state index contributed by atoms with van der Waals surface area (Å²) in [5.74, 6) is 0.119. The predicted molar refractivity (Wildman–Crippen MR) is 128 cm³/mol. The number of ether oxygens (including phenoxy) is 1. The van der Waals surface area contributed by atoms with Crippen molar-refractivity contribution in [2.45, 2.75) is 25.7 Å². The van der Waals surface area contributed by atoms with Crippen LogP contribution in [0, 0.1) is 13.8 Å². The molecule has 0 aromatic heterocycles. The highest BCUT2D eigenvalue weighted by Crippen LogP contribution is 2.31. The molecular formula is C24H25ClN2O4S. The minimum atomic E-state index is -4.03. The summed E-state index contributed by atoms with van der Waals surface area (Å²) in [5.41, 5.74) is 2.35. The molecule has 6 nitrogen and oxygen atoms in total. The number of hydrogen-bond acceptors (Lipinski definition) is 4. The molecule has 1 N–H and O–H groups in total. The predicted octanol–water partition coefficient (Wildman–Crippen LogP) is 5.19. The second-order valence-electron chi connectivity index (χ2n) is 7.22. The monoisotopic (exact) mass is 472 g/mol. The van der Waals surface area contributed by atoms with Gasteiger partial charge in [-0.15, -0.1) is 0 Å². The van der Waals surface area contributed by atoms with E-state index in [4.69, 9.17) is 16.3 Å². The Labute approximate surface area is 193 Å². The molecule has 0 spiro atoms. The van der Waals surface area contributed by atoms with Crippen LogP contribution in [0.15, 0.2) is 71.6 Å². The summed E-state index contributed by atoms with van der Waals surface area (Å²) < 4.78 is 33.6. The van der Waals surface area contributed by atoms with Gasteiger partial charge >= 0.3 is 0 Å². The van der Waals surface area contributed by atoms with Gasteiger partial charge in [0.2, 0.25) is 5.91 Å². The van der Waals surface area contributed by atoms with Gasteiger partial charge in [0.1, 0.15) is 12.3 Å². The summed E-state index contributed by atoms with van der Waals surface area (Å²) in [6.07, 6.45) is 0. The van der Waals surface area contributed by atoms with Gasteiger partial charge in [0.25, 0.3) is 10.0 Å². The standard InChI is InChI=1S/C24H25ClN2O4S/c1-4-31-20-8-5-7-19(15-20)26-24(28)16-27(23-10-6-9-22(25)18(23)3)32(29,30)21-13-11-17(2)12-14-21/h5-15H,4,16H2,1-3H3,(H,26,28). The highest BCUT2D eigenvalue weighted by Gasteiger charge is 2.28. The number of rotatable bonds is 8. The molecule has 3 aromatic rings. The molecule has 0 aliphatic rings. The summed E-state index contributed by atoms with van der Waals surface area (Å²) >= 11 is 6.25. The minimum absolute atomic E-state index is 0.0913. The fourth-order valence-corrected chi connectivity index (χ4v) is 4.81. The van der Waals surface area contributed by atoms with Gasteiger partial charge in [-0.05, 0) is 62.7 Å². The van der Waals surface area contributed by atoms with Gasteiger partial charge in [-0.1, -0.05) is 41.4 Å². The van der Waals surface area contributed by atoms with Crippen LogP contribution in [0.3, 0.4) is 0 Å². The molecule has 0 bridgehead atoms. The average molecular weight is 473 g/mol. The number of carbonyl (C=O) groups is 1. The Morgan fingerprint density at radius 3 is 2.41 bits per heavy atom. The lowest BCUT2D eigenvalue weighted by molar-refractivity contribution is -0.114. The number of hydrogen-bond donors (Lipinski definition) is 1. The largest absolute Gasteiger partial charge is 0.494 e. The van der Waals surface area contributed by atoms with Crippen molar-refractivity contribution in [3.8, 4) is 5.75 Å². The Bertz CT molecular complexity index is 1210. The van der Waals surface area contributed by atoms with Crippen molar-refractivity contribution in [1.82, 2.24) is 0 Å². The quantitative estimate of drug-likeness (QED) is 0.489. The smallest absolute Gasteiger partial charge is 0.264 e. The van der Waals surface area contributed by atoms with E-state index in [2.05, 4.69) is 5.32 Å². The van der Waals surface area contributed by atoms with E-state index < -0.39 is 22.5 Å². The van der Waals surface area contributed by atoms with Crippen molar-refractivity contribution < 1.29 is 17.9 Å². The maximum absolute atomic E-state index is 13.5. The SMILES string of the molecule is CCOc1cccc(NC(=O)CN(c2cccc(Cl)c2C)S(=O)(=O)c2ccc(C)cc2)c1. The number of nitrogens with one attached hydrogen (secondary N) is 1. The summed E-state index contributed by atoms with van der Waals surface area (Å²) in [6, 6.07) is 18.4. The Kier molecular flexibility index (Phi) is 7.43. The van der Waals surface area contributed by atoms with Crippen LogP contribution in [0.2, 0.25) is 5.02 Å². The molecule has 0 atom stereocenters. The van der Waals surface area contributed by atoms with Gasteiger partial charge < -0.3 is 10.1 Å². The molecule has 3 aromatic carbocycles. The lowest BCUT2D eigenvalue weighted by Crippen LogP contribution is -2.38. The van der Waals surface area contributed by atoms with E-state index in [9.17, 15) is 13.2 Å². The van der Waals surface area contributed by atoms with E-state index in [-0.39, 0.29) is 4.90 Å². The summed E-state index contributed by atoms with van der Waals surface area (Å²) in [7, 11) is -4.03. The van der Waals surface area contributed by atoms with E-state index in [1.165, 1.54) is 12.1 Å². The fraction of sp³-hybridized carbons (Fsp3) is 0.208. The van der Waals surface area contributed by atoms with Gasteiger partial charge in [-0.3, -0.25) is 9.10 Å². The summed E-state index contributed by atoms with van der Waals surface area (Å²) in [6.45, 7) is 5.54. The first-order valence-electron chi connectivity index (χ1n) is 10.1. The number of nitrogens with zero attached hydrogens (tertiary/aromatic N) is 1. The number of aryl methyl sites for hydroxylation is 1. The molecule has 168 valence electrons. The molecule has 0 fully saturated rings. The van der Waals surface area contributed by atoms with Gasteiger partial charge in [0, 0.05) is 16.8 Å². The van der Waals surface area contributed by atoms with E-state index in [0.717, 1.165) is 9.87 Å². The van der Waals surface area contributed by atoms with Gasteiger partial charge in [-0.25, -0.2) is 8.42 Å². The Morgan fingerprint density at radius 1 is 1.03 bits per heavy atom. The first kappa shape index (κ1) is 23.6. The number of sulfonamides is 1. The number of carbonyl (C=O) groups excluding carboxylic acids is 1. The third-order valence-electron chi connectivity index (χ3n) is 4.83. The maximum Gasteiger partial charge on any atom is 0.264 e. The van der Waals surface area contributed by atoms with E-state index in [1.54, 1.807) is 61.5 Å². The number of anilines is 2. The topological polar surface area (TPSA) is 75.7 Å². The molecular weight excluding hydrogens is 448 g/mol. The number of benzene rings is 3. The van der Waals surface area contributed by atoms with Crippen molar-refractivity contribution in [1.29, 1.82) is 0 Å². The number of amides is 1. The van der Waals surface area contributed by atoms with Crippen LogP contribution in [0.5, 0.6) is 5.75 Å². The van der Waals surface area contributed by atoms with Gasteiger partial charge in [0.05, 0.1) is 17.2 Å². The van der Waals surface area contributed by atoms with Crippen molar-refractivity contribution in [3.05, 3.63) is 82.9 Å². The molecule has 0 saturated heterocycles. The lowest BCUT2D eigenvalue weighted by atomic mass is 10.2. The third-order valence-corrected chi connectivity index (χ3v) is 7.02. The van der Waals surface area contributed by atoms with Crippen molar-refractivity contribution >= 4 is 38.9 Å². The van der Waals surface area contributed by atoms with Gasteiger partial charge in [-0.2, -0.15) is 0 Å². The molecule has 3 rings (SSSR count). The van der Waals surface area contributed by atoms with Crippen LogP contribution in [0.25, 0.3) is 0 Å². The average Bonchev–Trinajstić information content (AvgIpc) is 2.75. The van der Waals surface area contributed by atoms with Crippen LogP contribution >= 0.6 is 11.6 Å². The van der Waals surface area contributed by atoms with Gasteiger partial charge in [0.15, 0.2) is 0 Å². The second kappa shape index (κ2) is 10.1. The zero-order chi connectivity index (χ0) is 23.3. The summed E-state index contributed by atoms with van der Waals surface area (Å²) in [5, 5.41) is 3.16. The fourth-order valence-electron chi connectivity index (χ4n) is 3.16. The highest BCUT2D eigenvalue weighted by molar-refractivity contribution is 7.92. The van der Waals surface area contributed by atoms with E-state index in [0.29, 0.717) is 34.3 Å². The third kappa shape index (κ3) is 5.41. The first-order valence-corrected chi connectivity index (χ1v) is 11.9. The van der Waals surface area contributed by atoms with E-state index >= 15 is 0 Å². The molecule has 0 aliphatic carbocycles. The molecule has 0 heterocycles. The Balaban J connectivity index is 1.96. The highest BCUT2D eigenvalue weighted by atomic mass is 35.5. The van der Waals surface area contributed by atoms with Crippen LogP contribution in [0.1, 0.15) is 18.1 Å². The normalized spacial score (nSPS) is 11.1.